The van der Waals surface area contributed by atoms with Gasteiger partial charge in [-0.15, -0.1) is 0 Å². The number of hydrogen-bond acceptors (Lipinski definition) is 3. The molecule has 1 unspecified atom stereocenters. The largest absolute Gasteiger partial charge is 0.497 e. The molecule has 0 saturated carbocycles. The number of halogens is 3. The number of aliphatic hydroxyl groups is 1. The fourth-order valence-electron chi connectivity index (χ4n) is 2.43. The van der Waals surface area contributed by atoms with E-state index in [1.165, 1.54) is 12.3 Å². The van der Waals surface area contributed by atoms with Gasteiger partial charge in [0.1, 0.15) is 17.7 Å². The smallest absolute Gasteiger partial charge is 0.416 e. The average Bonchev–Trinajstić information content (AvgIpc) is 3.11. The lowest BCUT2D eigenvalue weighted by molar-refractivity contribution is -0.137. The molecule has 0 aliphatic rings. The van der Waals surface area contributed by atoms with Crippen molar-refractivity contribution in [3.63, 3.8) is 0 Å². The van der Waals surface area contributed by atoms with Crippen LogP contribution in [-0.4, -0.2) is 22.2 Å². The Hall–Kier alpha value is -2.80. The molecule has 0 aliphatic heterocycles. The van der Waals surface area contributed by atoms with E-state index in [-0.39, 0.29) is 5.82 Å². The highest BCUT2D eigenvalue weighted by Gasteiger charge is 2.30. The molecule has 3 aromatic rings. The van der Waals surface area contributed by atoms with E-state index in [4.69, 9.17) is 4.74 Å². The van der Waals surface area contributed by atoms with E-state index in [1.807, 2.05) is 0 Å². The average molecular weight is 348 g/mol. The summed E-state index contributed by atoms with van der Waals surface area (Å²) in [6, 6.07) is 11.7. The van der Waals surface area contributed by atoms with Gasteiger partial charge in [0.2, 0.25) is 0 Å². The van der Waals surface area contributed by atoms with Crippen LogP contribution in [0.1, 0.15) is 23.1 Å². The number of alkyl halides is 3. The molecule has 3 rings (SSSR count). The molecule has 25 heavy (non-hydrogen) atoms. The molecule has 2 N–H and O–H groups in total. The molecule has 0 bridgehead atoms. The van der Waals surface area contributed by atoms with Crippen molar-refractivity contribution < 1.29 is 23.0 Å². The lowest BCUT2D eigenvalue weighted by Gasteiger charge is -2.09. The van der Waals surface area contributed by atoms with Crippen molar-refractivity contribution in [1.29, 1.82) is 0 Å². The standard InChI is InChI=1S/C18H15F3N2O2/c1-25-14-7-5-11(6-8-14)16(24)17-22-10-15(23-17)12-3-2-4-13(9-12)18(19,20)21/h2-10,16,24H,1H3,(H,22,23). The summed E-state index contributed by atoms with van der Waals surface area (Å²) >= 11 is 0. The van der Waals surface area contributed by atoms with Crippen LogP contribution in [0.4, 0.5) is 13.2 Å². The Labute approximate surface area is 141 Å². The summed E-state index contributed by atoms with van der Waals surface area (Å²) in [6.07, 6.45) is -4.04. The number of rotatable bonds is 4. The first-order chi connectivity index (χ1) is 11.9. The molecular weight excluding hydrogens is 333 g/mol. The van der Waals surface area contributed by atoms with Gasteiger partial charge in [0, 0.05) is 5.56 Å². The molecule has 7 heteroatoms. The second-order valence-corrected chi connectivity index (χ2v) is 5.44. The zero-order valence-corrected chi connectivity index (χ0v) is 13.2. The van der Waals surface area contributed by atoms with Gasteiger partial charge in [0.15, 0.2) is 0 Å². The third kappa shape index (κ3) is 3.66. The number of aromatic amines is 1. The number of aliphatic hydroxyl groups excluding tert-OH is 1. The number of hydrogen-bond donors (Lipinski definition) is 2. The maximum atomic E-state index is 12.8. The second kappa shape index (κ2) is 6.60. The minimum atomic E-state index is -4.42. The summed E-state index contributed by atoms with van der Waals surface area (Å²) in [5.41, 5.74) is 0.590. The van der Waals surface area contributed by atoms with Crippen molar-refractivity contribution in [3.05, 3.63) is 71.7 Å². The third-order valence-corrected chi connectivity index (χ3v) is 3.79. The molecule has 2 aromatic carbocycles. The Bertz CT molecular complexity index is 857. The van der Waals surface area contributed by atoms with Gasteiger partial charge in [0.05, 0.1) is 24.6 Å². The highest BCUT2D eigenvalue weighted by molar-refractivity contribution is 5.60. The SMILES string of the molecule is COc1ccc(C(O)c2ncc(-c3cccc(C(F)(F)F)c3)[nH]2)cc1. The minimum absolute atomic E-state index is 0.248. The van der Waals surface area contributed by atoms with Crippen LogP contribution < -0.4 is 4.74 Å². The zero-order chi connectivity index (χ0) is 18.0. The molecule has 0 fully saturated rings. The number of ether oxygens (including phenoxy) is 1. The van der Waals surface area contributed by atoms with E-state index < -0.39 is 17.8 Å². The van der Waals surface area contributed by atoms with E-state index >= 15 is 0 Å². The van der Waals surface area contributed by atoms with Crippen LogP contribution in [0.25, 0.3) is 11.3 Å². The van der Waals surface area contributed by atoms with Crippen molar-refractivity contribution in [2.75, 3.05) is 7.11 Å². The molecule has 1 aromatic heterocycles. The normalized spacial score (nSPS) is 12.8. The van der Waals surface area contributed by atoms with Crippen molar-refractivity contribution in [1.82, 2.24) is 9.97 Å². The molecule has 0 radical (unpaired) electrons. The number of nitrogens with one attached hydrogen (secondary N) is 1. The molecule has 0 aliphatic carbocycles. The van der Waals surface area contributed by atoms with Gasteiger partial charge in [-0.1, -0.05) is 24.3 Å². The minimum Gasteiger partial charge on any atom is -0.497 e. The first-order valence-electron chi connectivity index (χ1n) is 7.43. The Kier molecular flexibility index (Phi) is 4.50. The van der Waals surface area contributed by atoms with Crippen molar-refractivity contribution in [2.24, 2.45) is 0 Å². The van der Waals surface area contributed by atoms with Crippen LogP contribution >= 0.6 is 0 Å². The topological polar surface area (TPSA) is 58.1 Å². The van der Waals surface area contributed by atoms with E-state index in [1.54, 1.807) is 37.4 Å². The van der Waals surface area contributed by atoms with E-state index in [0.29, 0.717) is 22.6 Å². The summed E-state index contributed by atoms with van der Waals surface area (Å²) < 4.78 is 43.5. The van der Waals surface area contributed by atoms with Crippen LogP contribution in [0, 0.1) is 0 Å². The molecular formula is C18H15F3N2O2. The third-order valence-electron chi connectivity index (χ3n) is 3.79. The van der Waals surface area contributed by atoms with Gasteiger partial charge in [-0.3, -0.25) is 0 Å². The van der Waals surface area contributed by atoms with Gasteiger partial charge >= 0.3 is 6.18 Å². The van der Waals surface area contributed by atoms with E-state index in [0.717, 1.165) is 12.1 Å². The van der Waals surface area contributed by atoms with Gasteiger partial charge in [0.25, 0.3) is 0 Å². The second-order valence-electron chi connectivity index (χ2n) is 5.44. The van der Waals surface area contributed by atoms with Crippen molar-refractivity contribution in [3.8, 4) is 17.0 Å². The number of H-pyrrole nitrogens is 1. The van der Waals surface area contributed by atoms with Crippen LogP contribution in [0.15, 0.2) is 54.7 Å². The first kappa shape index (κ1) is 17.0. The lowest BCUT2D eigenvalue weighted by atomic mass is 10.1. The van der Waals surface area contributed by atoms with Gasteiger partial charge < -0.3 is 14.8 Å². The predicted molar refractivity (Wildman–Crippen MR) is 86.1 cm³/mol. The van der Waals surface area contributed by atoms with Crippen molar-refractivity contribution in [2.45, 2.75) is 12.3 Å². The number of nitrogens with zero attached hydrogens (tertiary/aromatic N) is 1. The van der Waals surface area contributed by atoms with Gasteiger partial charge in [-0.25, -0.2) is 4.98 Å². The summed E-state index contributed by atoms with van der Waals surface area (Å²) in [4.78, 5) is 6.96. The summed E-state index contributed by atoms with van der Waals surface area (Å²) in [5.74, 6) is 0.901. The lowest BCUT2D eigenvalue weighted by Crippen LogP contribution is -2.04. The Balaban J connectivity index is 1.87. The molecule has 1 heterocycles. The van der Waals surface area contributed by atoms with Gasteiger partial charge in [-0.2, -0.15) is 13.2 Å². The fourth-order valence-corrected chi connectivity index (χ4v) is 2.43. The Morgan fingerprint density at radius 3 is 2.48 bits per heavy atom. The van der Waals surface area contributed by atoms with Crippen molar-refractivity contribution >= 4 is 0 Å². The number of benzene rings is 2. The number of imidazole rings is 1. The molecule has 130 valence electrons. The number of aromatic nitrogens is 2. The Morgan fingerprint density at radius 1 is 1.12 bits per heavy atom. The maximum Gasteiger partial charge on any atom is 0.416 e. The molecule has 1 atom stereocenters. The molecule has 0 amide bonds. The summed E-state index contributed by atoms with van der Waals surface area (Å²) in [7, 11) is 1.54. The highest BCUT2D eigenvalue weighted by atomic mass is 19.4. The maximum absolute atomic E-state index is 12.8. The van der Waals surface area contributed by atoms with Crippen LogP contribution in [0.2, 0.25) is 0 Å². The quantitative estimate of drug-likeness (QED) is 0.743. The fraction of sp³-hybridized carbons (Fsp3) is 0.167. The van der Waals surface area contributed by atoms with E-state index in [2.05, 4.69) is 9.97 Å². The van der Waals surface area contributed by atoms with Gasteiger partial charge in [-0.05, 0) is 29.8 Å². The molecule has 0 spiro atoms. The molecule has 0 saturated heterocycles. The van der Waals surface area contributed by atoms with E-state index in [9.17, 15) is 18.3 Å². The summed E-state index contributed by atoms with van der Waals surface area (Å²) in [6.45, 7) is 0. The monoisotopic (exact) mass is 348 g/mol. The summed E-state index contributed by atoms with van der Waals surface area (Å²) in [5, 5.41) is 10.4. The highest BCUT2D eigenvalue weighted by Crippen LogP contribution is 2.32. The number of methoxy groups -OCH3 is 1. The Morgan fingerprint density at radius 2 is 1.84 bits per heavy atom. The van der Waals surface area contributed by atoms with Crippen LogP contribution in [0.5, 0.6) is 5.75 Å². The predicted octanol–water partition coefficient (Wildman–Crippen LogP) is 4.19. The first-order valence-corrected chi connectivity index (χ1v) is 7.43. The van der Waals surface area contributed by atoms with Crippen LogP contribution in [-0.2, 0) is 6.18 Å². The van der Waals surface area contributed by atoms with Crippen LogP contribution in [0.3, 0.4) is 0 Å². The zero-order valence-electron chi connectivity index (χ0n) is 13.2. The molecule has 4 nitrogen and oxygen atoms in total.